The van der Waals surface area contributed by atoms with Crippen LogP contribution in [0.3, 0.4) is 0 Å². The summed E-state index contributed by atoms with van der Waals surface area (Å²) in [4.78, 5) is 14.6. The maximum Gasteiger partial charge on any atom is 0.267 e. The number of nitrogens with one attached hydrogen (secondary N) is 2. The second kappa shape index (κ2) is 6.15. The number of halogens is 1. The van der Waals surface area contributed by atoms with Gasteiger partial charge < -0.3 is 10.3 Å². The zero-order valence-electron chi connectivity index (χ0n) is 11.2. The van der Waals surface area contributed by atoms with Gasteiger partial charge in [0.2, 0.25) is 10.0 Å². The Bertz CT molecular complexity index is 577. The molecule has 0 aliphatic carbocycles. The summed E-state index contributed by atoms with van der Waals surface area (Å²) < 4.78 is 24.3. The monoisotopic (exact) mass is 319 g/mol. The number of carbonyl (C=O) groups is 1. The first-order valence-corrected chi connectivity index (χ1v) is 8.66. The Balaban J connectivity index is 1.78. The summed E-state index contributed by atoms with van der Waals surface area (Å²) in [6, 6.07) is 1.57. The molecule has 1 aromatic rings. The zero-order chi connectivity index (χ0) is 14.8. The predicted molar refractivity (Wildman–Crippen MR) is 77.3 cm³/mol. The van der Waals surface area contributed by atoms with Crippen LogP contribution in [-0.4, -0.2) is 49.5 Å². The minimum atomic E-state index is -3.09. The van der Waals surface area contributed by atoms with Gasteiger partial charge in [0, 0.05) is 25.8 Å². The molecule has 1 saturated heterocycles. The van der Waals surface area contributed by atoms with E-state index in [9.17, 15) is 13.2 Å². The summed E-state index contributed by atoms with van der Waals surface area (Å²) in [7, 11) is -3.09. The molecule has 0 radical (unpaired) electrons. The fourth-order valence-corrected chi connectivity index (χ4v) is 3.31. The minimum Gasteiger partial charge on any atom is -0.356 e. The Hall–Kier alpha value is -1.05. The number of aromatic amines is 1. The Morgan fingerprint density at radius 3 is 2.65 bits per heavy atom. The molecule has 0 bridgehead atoms. The van der Waals surface area contributed by atoms with Crippen molar-refractivity contribution in [1.82, 2.24) is 14.6 Å². The number of nitrogens with zero attached hydrogens (tertiary/aromatic N) is 1. The van der Waals surface area contributed by atoms with Crippen molar-refractivity contribution in [2.75, 3.05) is 25.9 Å². The molecule has 2 N–H and O–H groups in total. The second-order valence-corrected chi connectivity index (χ2v) is 7.47. The second-order valence-electron chi connectivity index (χ2n) is 5.05. The highest BCUT2D eigenvalue weighted by Gasteiger charge is 2.25. The molecule has 1 fully saturated rings. The van der Waals surface area contributed by atoms with Crippen LogP contribution in [0.2, 0.25) is 5.02 Å². The number of aromatic nitrogens is 1. The maximum absolute atomic E-state index is 11.8. The van der Waals surface area contributed by atoms with Crippen LogP contribution >= 0.6 is 11.6 Å². The lowest BCUT2D eigenvalue weighted by molar-refractivity contribution is 0.0937. The van der Waals surface area contributed by atoms with Crippen LogP contribution in [0, 0.1) is 5.92 Å². The standard InChI is InChI=1S/C12H18ClN3O3S/c1-20(18,19)16-4-2-9(3-5-16)7-15-12(17)11-6-10(13)8-14-11/h6,8-9,14H,2-5,7H2,1H3,(H,15,17). The molecule has 1 amide bonds. The molecule has 1 aromatic heterocycles. The number of H-pyrrole nitrogens is 1. The third kappa shape index (κ3) is 3.97. The smallest absolute Gasteiger partial charge is 0.267 e. The quantitative estimate of drug-likeness (QED) is 0.871. The number of hydrogen-bond acceptors (Lipinski definition) is 3. The first-order chi connectivity index (χ1) is 9.36. The van der Waals surface area contributed by atoms with Gasteiger partial charge in [-0.25, -0.2) is 12.7 Å². The summed E-state index contributed by atoms with van der Waals surface area (Å²) >= 11 is 5.74. The van der Waals surface area contributed by atoms with Gasteiger partial charge in [-0.2, -0.15) is 0 Å². The topological polar surface area (TPSA) is 82.3 Å². The van der Waals surface area contributed by atoms with Crippen LogP contribution in [0.15, 0.2) is 12.3 Å². The maximum atomic E-state index is 11.8. The fourth-order valence-electron chi connectivity index (χ4n) is 2.28. The summed E-state index contributed by atoms with van der Waals surface area (Å²) in [5, 5.41) is 3.34. The number of amides is 1. The summed E-state index contributed by atoms with van der Waals surface area (Å²) in [6.45, 7) is 1.59. The Labute approximate surface area is 123 Å². The third-order valence-electron chi connectivity index (χ3n) is 3.49. The van der Waals surface area contributed by atoms with Gasteiger partial charge in [-0.05, 0) is 24.8 Å². The molecular weight excluding hydrogens is 302 g/mol. The SMILES string of the molecule is CS(=O)(=O)N1CCC(CNC(=O)c2cc(Cl)c[nH]2)CC1. The van der Waals surface area contributed by atoms with Crippen LogP contribution in [0.1, 0.15) is 23.3 Å². The Morgan fingerprint density at radius 1 is 1.50 bits per heavy atom. The third-order valence-corrected chi connectivity index (χ3v) is 5.01. The molecule has 1 aliphatic rings. The lowest BCUT2D eigenvalue weighted by atomic mass is 9.98. The predicted octanol–water partition coefficient (Wildman–Crippen LogP) is 1.07. The van der Waals surface area contributed by atoms with E-state index in [4.69, 9.17) is 11.6 Å². The van der Waals surface area contributed by atoms with E-state index in [1.165, 1.54) is 10.6 Å². The van der Waals surface area contributed by atoms with E-state index in [1.54, 1.807) is 12.3 Å². The van der Waals surface area contributed by atoms with Gasteiger partial charge in [0.05, 0.1) is 11.3 Å². The van der Waals surface area contributed by atoms with Crippen molar-refractivity contribution >= 4 is 27.5 Å². The molecule has 2 heterocycles. The lowest BCUT2D eigenvalue weighted by Gasteiger charge is -2.30. The van der Waals surface area contributed by atoms with E-state index in [-0.39, 0.29) is 5.91 Å². The molecule has 0 atom stereocenters. The van der Waals surface area contributed by atoms with Crippen molar-refractivity contribution in [2.45, 2.75) is 12.8 Å². The van der Waals surface area contributed by atoms with Crippen LogP contribution in [0.5, 0.6) is 0 Å². The largest absolute Gasteiger partial charge is 0.356 e. The van der Waals surface area contributed by atoms with Gasteiger partial charge in [-0.1, -0.05) is 11.6 Å². The highest BCUT2D eigenvalue weighted by atomic mass is 35.5. The molecule has 0 spiro atoms. The molecule has 0 saturated carbocycles. The first-order valence-electron chi connectivity index (χ1n) is 6.43. The number of sulfonamides is 1. The van der Waals surface area contributed by atoms with Crippen LogP contribution < -0.4 is 5.32 Å². The fraction of sp³-hybridized carbons (Fsp3) is 0.583. The number of piperidine rings is 1. The highest BCUT2D eigenvalue weighted by Crippen LogP contribution is 2.18. The first kappa shape index (κ1) is 15.3. The van der Waals surface area contributed by atoms with Crippen molar-refractivity contribution in [3.8, 4) is 0 Å². The van der Waals surface area contributed by atoms with Crippen LogP contribution in [0.4, 0.5) is 0 Å². The highest BCUT2D eigenvalue weighted by molar-refractivity contribution is 7.88. The Morgan fingerprint density at radius 2 is 2.15 bits per heavy atom. The van der Waals surface area contributed by atoms with Crippen molar-refractivity contribution in [3.63, 3.8) is 0 Å². The van der Waals surface area contributed by atoms with Gasteiger partial charge in [0.15, 0.2) is 0 Å². The zero-order valence-corrected chi connectivity index (χ0v) is 12.8. The number of rotatable bonds is 4. The molecule has 8 heteroatoms. The van der Waals surface area contributed by atoms with Crippen molar-refractivity contribution in [3.05, 3.63) is 23.0 Å². The normalized spacial score (nSPS) is 18.1. The summed E-state index contributed by atoms with van der Waals surface area (Å²) in [6.07, 6.45) is 4.31. The van der Waals surface area contributed by atoms with E-state index in [0.717, 1.165) is 12.8 Å². The van der Waals surface area contributed by atoms with E-state index in [0.29, 0.717) is 36.3 Å². The number of carbonyl (C=O) groups excluding carboxylic acids is 1. The van der Waals surface area contributed by atoms with E-state index in [2.05, 4.69) is 10.3 Å². The average molecular weight is 320 g/mol. The van der Waals surface area contributed by atoms with Gasteiger partial charge >= 0.3 is 0 Å². The summed E-state index contributed by atoms with van der Waals surface area (Å²) in [5.41, 5.74) is 0.434. The summed E-state index contributed by atoms with van der Waals surface area (Å²) in [5.74, 6) is 0.116. The molecule has 2 rings (SSSR count). The molecular formula is C12H18ClN3O3S. The van der Waals surface area contributed by atoms with Crippen LogP contribution in [-0.2, 0) is 10.0 Å². The van der Waals surface area contributed by atoms with Crippen LogP contribution in [0.25, 0.3) is 0 Å². The molecule has 112 valence electrons. The van der Waals surface area contributed by atoms with Gasteiger partial charge in [-0.15, -0.1) is 0 Å². The lowest BCUT2D eigenvalue weighted by Crippen LogP contribution is -2.41. The van der Waals surface area contributed by atoms with Gasteiger partial charge in [0.1, 0.15) is 5.69 Å². The van der Waals surface area contributed by atoms with E-state index in [1.807, 2.05) is 0 Å². The minimum absolute atomic E-state index is 0.192. The molecule has 1 aliphatic heterocycles. The number of hydrogen-bond donors (Lipinski definition) is 2. The van der Waals surface area contributed by atoms with Crippen molar-refractivity contribution in [1.29, 1.82) is 0 Å². The molecule has 20 heavy (non-hydrogen) atoms. The van der Waals surface area contributed by atoms with Crippen molar-refractivity contribution < 1.29 is 13.2 Å². The van der Waals surface area contributed by atoms with Gasteiger partial charge in [-0.3, -0.25) is 4.79 Å². The average Bonchev–Trinajstić information content (AvgIpc) is 2.82. The Kier molecular flexibility index (Phi) is 4.72. The van der Waals surface area contributed by atoms with E-state index < -0.39 is 10.0 Å². The molecule has 6 nitrogen and oxygen atoms in total. The molecule has 0 aromatic carbocycles. The molecule has 0 unspecified atom stereocenters. The van der Waals surface area contributed by atoms with Gasteiger partial charge in [0.25, 0.3) is 5.91 Å². The van der Waals surface area contributed by atoms with E-state index >= 15 is 0 Å². The van der Waals surface area contributed by atoms with Crippen molar-refractivity contribution in [2.24, 2.45) is 5.92 Å².